The molecule has 0 bridgehead atoms. The maximum absolute atomic E-state index is 5.74. The first-order valence-electron chi connectivity index (χ1n) is 4.65. The first-order chi connectivity index (χ1) is 7.20. The van der Waals surface area contributed by atoms with Crippen LogP contribution in [0.15, 0.2) is 30.7 Å². The highest BCUT2D eigenvalue weighted by Gasteiger charge is 2.05. The summed E-state index contributed by atoms with van der Waals surface area (Å²) in [6.07, 6.45) is 3.67. The predicted octanol–water partition coefficient (Wildman–Crippen LogP) is 1.77. The molecule has 15 heavy (non-hydrogen) atoms. The molecule has 0 aliphatic heterocycles. The van der Waals surface area contributed by atoms with Crippen molar-refractivity contribution in [1.29, 1.82) is 0 Å². The molecule has 78 valence electrons. The van der Waals surface area contributed by atoms with E-state index in [2.05, 4.69) is 4.98 Å². The van der Waals surface area contributed by atoms with Gasteiger partial charge in [-0.25, -0.2) is 4.98 Å². The third-order valence-electron chi connectivity index (χ3n) is 2.19. The smallest absolute Gasteiger partial charge is 0.143 e. The Bertz CT molecular complexity index is 476. The zero-order valence-corrected chi connectivity index (χ0v) is 8.77. The second-order valence-electron chi connectivity index (χ2n) is 3.35. The molecule has 2 aromatic rings. The van der Waals surface area contributed by atoms with E-state index in [0.717, 1.165) is 17.1 Å². The van der Waals surface area contributed by atoms with Crippen LogP contribution in [0.4, 0.5) is 5.69 Å². The number of aromatic nitrogens is 2. The van der Waals surface area contributed by atoms with Gasteiger partial charge in [0, 0.05) is 11.9 Å². The molecule has 0 fully saturated rings. The molecule has 4 nitrogen and oxygen atoms in total. The maximum Gasteiger partial charge on any atom is 0.143 e. The summed E-state index contributed by atoms with van der Waals surface area (Å²) in [6, 6.07) is 5.52. The van der Waals surface area contributed by atoms with Gasteiger partial charge in [0.2, 0.25) is 0 Å². The summed E-state index contributed by atoms with van der Waals surface area (Å²) in [7, 11) is 1.64. The number of imidazole rings is 1. The SMILES string of the molecule is COc1ccc(N)cc1-n1cnc(C)c1. The van der Waals surface area contributed by atoms with Crippen molar-refractivity contribution in [2.24, 2.45) is 0 Å². The van der Waals surface area contributed by atoms with Crippen LogP contribution in [0.2, 0.25) is 0 Å². The summed E-state index contributed by atoms with van der Waals surface area (Å²) in [5.74, 6) is 0.779. The van der Waals surface area contributed by atoms with Crippen LogP contribution in [-0.4, -0.2) is 16.7 Å². The Kier molecular flexibility index (Phi) is 2.33. The van der Waals surface area contributed by atoms with Crippen molar-refractivity contribution in [3.05, 3.63) is 36.4 Å². The van der Waals surface area contributed by atoms with Crippen LogP contribution in [0.3, 0.4) is 0 Å². The van der Waals surface area contributed by atoms with E-state index in [-0.39, 0.29) is 0 Å². The molecule has 0 amide bonds. The molecular weight excluding hydrogens is 190 g/mol. The van der Waals surface area contributed by atoms with Gasteiger partial charge in [0.1, 0.15) is 5.75 Å². The lowest BCUT2D eigenvalue weighted by atomic mass is 10.2. The molecule has 1 aromatic heterocycles. The van der Waals surface area contributed by atoms with Gasteiger partial charge in [-0.2, -0.15) is 0 Å². The summed E-state index contributed by atoms with van der Waals surface area (Å²) in [6.45, 7) is 1.94. The molecule has 0 aliphatic rings. The molecule has 0 aliphatic carbocycles. The monoisotopic (exact) mass is 203 g/mol. The van der Waals surface area contributed by atoms with Crippen molar-refractivity contribution < 1.29 is 4.74 Å². The number of aryl methyl sites for hydroxylation is 1. The minimum absolute atomic E-state index is 0.706. The summed E-state index contributed by atoms with van der Waals surface area (Å²) in [4.78, 5) is 4.16. The molecule has 0 saturated carbocycles. The Hall–Kier alpha value is -1.97. The molecule has 0 radical (unpaired) electrons. The zero-order chi connectivity index (χ0) is 10.8. The average Bonchev–Trinajstić information content (AvgIpc) is 2.65. The summed E-state index contributed by atoms with van der Waals surface area (Å²) in [5.41, 5.74) is 8.30. The van der Waals surface area contributed by atoms with E-state index in [1.165, 1.54) is 0 Å². The molecule has 0 unspecified atom stereocenters. The molecule has 1 aromatic carbocycles. The first kappa shape index (κ1) is 9.58. The average molecular weight is 203 g/mol. The van der Waals surface area contributed by atoms with Crippen LogP contribution in [0.1, 0.15) is 5.69 Å². The van der Waals surface area contributed by atoms with Crippen LogP contribution in [0.5, 0.6) is 5.75 Å². The van der Waals surface area contributed by atoms with Crippen LogP contribution in [0, 0.1) is 6.92 Å². The number of nitrogens with two attached hydrogens (primary N) is 1. The van der Waals surface area contributed by atoms with Crippen molar-refractivity contribution in [3.8, 4) is 11.4 Å². The van der Waals surface area contributed by atoms with E-state index in [4.69, 9.17) is 10.5 Å². The third-order valence-corrected chi connectivity index (χ3v) is 2.19. The molecule has 0 spiro atoms. The number of hydrogen-bond donors (Lipinski definition) is 1. The number of hydrogen-bond acceptors (Lipinski definition) is 3. The van der Waals surface area contributed by atoms with Crippen molar-refractivity contribution in [3.63, 3.8) is 0 Å². The van der Waals surface area contributed by atoms with Crippen LogP contribution in [0.25, 0.3) is 5.69 Å². The standard InChI is InChI=1S/C11H13N3O/c1-8-6-14(7-13-8)10-5-9(12)3-4-11(10)15-2/h3-7H,12H2,1-2H3. The molecule has 2 N–H and O–H groups in total. The summed E-state index contributed by atoms with van der Waals surface area (Å²) < 4.78 is 7.15. The number of benzene rings is 1. The highest BCUT2D eigenvalue weighted by Crippen LogP contribution is 2.24. The van der Waals surface area contributed by atoms with Crippen LogP contribution < -0.4 is 10.5 Å². The van der Waals surface area contributed by atoms with Gasteiger partial charge in [0.25, 0.3) is 0 Å². The Labute approximate surface area is 88.3 Å². The lowest BCUT2D eigenvalue weighted by molar-refractivity contribution is 0.413. The number of anilines is 1. The Balaban J connectivity index is 2.55. The fourth-order valence-corrected chi connectivity index (χ4v) is 1.46. The van der Waals surface area contributed by atoms with Gasteiger partial charge in [-0.3, -0.25) is 0 Å². The largest absolute Gasteiger partial charge is 0.495 e. The minimum atomic E-state index is 0.706. The first-order valence-corrected chi connectivity index (χ1v) is 4.65. The van der Waals surface area contributed by atoms with E-state index in [1.54, 1.807) is 13.4 Å². The highest BCUT2D eigenvalue weighted by atomic mass is 16.5. The van der Waals surface area contributed by atoms with Gasteiger partial charge in [-0.1, -0.05) is 0 Å². The van der Waals surface area contributed by atoms with Gasteiger partial charge < -0.3 is 15.0 Å². The number of ether oxygens (including phenoxy) is 1. The second kappa shape index (κ2) is 3.65. The third kappa shape index (κ3) is 1.79. The van der Waals surface area contributed by atoms with E-state index in [1.807, 2.05) is 35.9 Å². The predicted molar refractivity (Wildman–Crippen MR) is 59.3 cm³/mol. The maximum atomic E-state index is 5.74. The fourth-order valence-electron chi connectivity index (χ4n) is 1.46. The Morgan fingerprint density at radius 1 is 1.40 bits per heavy atom. The molecule has 2 rings (SSSR count). The summed E-state index contributed by atoms with van der Waals surface area (Å²) >= 11 is 0. The van der Waals surface area contributed by atoms with Crippen molar-refractivity contribution in [2.45, 2.75) is 6.92 Å². The lowest BCUT2D eigenvalue weighted by Gasteiger charge is -2.09. The van der Waals surface area contributed by atoms with Crippen molar-refractivity contribution in [2.75, 3.05) is 12.8 Å². The second-order valence-corrected chi connectivity index (χ2v) is 3.35. The number of nitrogens with zero attached hydrogens (tertiary/aromatic N) is 2. The number of rotatable bonds is 2. The minimum Gasteiger partial charge on any atom is -0.495 e. The van der Waals surface area contributed by atoms with Crippen LogP contribution >= 0.6 is 0 Å². The van der Waals surface area contributed by atoms with E-state index >= 15 is 0 Å². The van der Waals surface area contributed by atoms with Gasteiger partial charge in [0.15, 0.2) is 0 Å². The van der Waals surface area contributed by atoms with E-state index < -0.39 is 0 Å². The van der Waals surface area contributed by atoms with Gasteiger partial charge in [0.05, 0.1) is 24.8 Å². The van der Waals surface area contributed by atoms with Gasteiger partial charge >= 0.3 is 0 Å². The van der Waals surface area contributed by atoms with Gasteiger partial charge in [-0.05, 0) is 25.1 Å². The molecule has 0 atom stereocenters. The quantitative estimate of drug-likeness (QED) is 0.757. The highest BCUT2D eigenvalue weighted by molar-refractivity contribution is 5.56. The van der Waals surface area contributed by atoms with E-state index in [0.29, 0.717) is 5.69 Å². The number of methoxy groups -OCH3 is 1. The Morgan fingerprint density at radius 3 is 2.80 bits per heavy atom. The Morgan fingerprint density at radius 2 is 2.20 bits per heavy atom. The molecule has 4 heteroatoms. The molecule has 0 saturated heterocycles. The lowest BCUT2D eigenvalue weighted by Crippen LogP contribution is -1.97. The normalized spacial score (nSPS) is 10.3. The van der Waals surface area contributed by atoms with Gasteiger partial charge in [-0.15, -0.1) is 0 Å². The molecular formula is C11H13N3O. The topological polar surface area (TPSA) is 53.1 Å². The molecule has 1 heterocycles. The van der Waals surface area contributed by atoms with Crippen molar-refractivity contribution >= 4 is 5.69 Å². The fraction of sp³-hybridized carbons (Fsp3) is 0.182. The van der Waals surface area contributed by atoms with Crippen molar-refractivity contribution in [1.82, 2.24) is 9.55 Å². The zero-order valence-electron chi connectivity index (χ0n) is 8.77. The van der Waals surface area contributed by atoms with Crippen LogP contribution in [-0.2, 0) is 0 Å². The van der Waals surface area contributed by atoms with E-state index in [9.17, 15) is 0 Å². The number of nitrogen functional groups attached to an aromatic ring is 1. The summed E-state index contributed by atoms with van der Waals surface area (Å²) in [5, 5.41) is 0.